The first-order valence-electron chi connectivity index (χ1n) is 10.3. The molecule has 10 N–H and O–H groups in total. The number of aromatic nitrogens is 4. The van der Waals surface area contributed by atoms with Crippen LogP contribution in [0.1, 0.15) is 65.2 Å². The molecule has 0 aliphatic heterocycles. The van der Waals surface area contributed by atoms with Gasteiger partial charge in [-0.1, -0.05) is 52.4 Å². The van der Waals surface area contributed by atoms with Crippen molar-refractivity contribution in [1.29, 1.82) is 0 Å². The average Bonchev–Trinajstić information content (AvgIpc) is 3.18. The number of nitrogens with zero attached hydrogens (tertiary/aromatic N) is 4. The quantitative estimate of drug-likeness (QED) is 0.224. The Balaban J connectivity index is 0.000000479. The monoisotopic (exact) mass is 462 g/mol. The van der Waals surface area contributed by atoms with E-state index in [1.807, 2.05) is 0 Å². The molecule has 2 rings (SSSR count). The van der Waals surface area contributed by atoms with Gasteiger partial charge < -0.3 is 22.9 Å². The highest BCUT2D eigenvalue weighted by atomic mass is 32.3. The maximum Gasteiger partial charge on any atom is 0.394 e. The number of hydrogen-bond donors (Lipinski definition) is 6. The highest BCUT2D eigenvalue weighted by molar-refractivity contribution is 7.79. The van der Waals surface area contributed by atoms with E-state index >= 15 is 0 Å². The van der Waals surface area contributed by atoms with Gasteiger partial charge in [-0.3, -0.25) is 9.11 Å². The van der Waals surface area contributed by atoms with E-state index in [-0.39, 0.29) is 0 Å². The van der Waals surface area contributed by atoms with E-state index in [1.54, 1.807) is 21.8 Å². The number of rotatable bonds is 10. The van der Waals surface area contributed by atoms with Crippen molar-refractivity contribution in [3.63, 3.8) is 0 Å². The molecule has 0 fully saturated rings. The summed E-state index contributed by atoms with van der Waals surface area (Å²) in [7, 11) is -4.67. The lowest BCUT2D eigenvalue weighted by Gasteiger charge is -2.03. The van der Waals surface area contributed by atoms with Gasteiger partial charge >= 0.3 is 10.4 Å². The predicted octanol–water partition coefficient (Wildman–Crippen LogP) is 2.60. The molecule has 12 nitrogen and oxygen atoms in total. The van der Waals surface area contributed by atoms with Gasteiger partial charge in [-0.15, -0.1) is 0 Å². The predicted molar refractivity (Wildman–Crippen MR) is 125 cm³/mol. The fourth-order valence-electron chi connectivity index (χ4n) is 2.55. The zero-order valence-electron chi connectivity index (χ0n) is 18.4. The standard InChI is InChI=1S/2C9H18N4.H2O4S/c2*1-2-3-4-5-6-13-9(11)8(10)7-12-13;1-5(2,3)4/h2*7H,2-6,10-11H2,1H3;(H2,1,2,3,4). The summed E-state index contributed by atoms with van der Waals surface area (Å²) >= 11 is 0. The number of hydrogen-bond acceptors (Lipinski definition) is 8. The van der Waals surface area contributed by atoms with Crippen molar-refractivity contribution >= 4 is 33.4 Å². The van der Waals surface area contributed by atoms with E-state index in [4.69, 9.17) is 40.5 Å². The Labute approximate surface area is 184 Å². The third-order valence-corrected chi connectivity index (χ3v) is 4.27. The van der Waals surface area contributed by atoms with Crippen LogP contribution in [0.15, 0.2) is 12.4 Å². The third kappa shape index (κ3) is 14.2. The molecule has 180 valence electrons. The van der Waals surface area contributed by atoms with Crippen LogP contribution in [-0.4, -0.2) is 37.1 Å². The van der Waals surface area contributed by atoms with Gasteiger partial charge in [-0.25, -0.2) is 9.36 Å². The molecular weight excluding hydrogens is 424 g/mol. The zero-order valence-corrected chi connectivity index (χ0v) is 19.3. The van der Waals surface area contributed by atoms with Gasteiger partial charge in [0.1, 0.15) is 11.6 Å². The molecule has 0 saturated heterocycles. The zero-order chi connectivity index (χ0) is 23.9. The van der Waals surface area contributed by atoms with Gasteiger partial charge in [0.15, 0.2) is 0 Å². The number of nitrogens with two attached hydrogens (primary N) is 4. The highest BCUT2D eigenvalue weighted by Crippen LogP contribution is 2.14. The van der Waals surface area contributed by atoms with Crippen LogP contribution in [0.2, 0.25) is 0 Å². The van der Waals surface area contributed by atoms with Gasteiger partial charge in [0, 0.05) is 13.1 Å². The molecule has 0 unspecified atom stereocenters. The Morgan fingerprint density at radius 3 is 1.29 bits per heavy atom. The van der Waals surface area contributed by atoms with Crippen LogP contribution in [0, 0.1) is 0 Å². The largest absolute Gasteiger partial charge is 0.394 e. The van der Waals surface area contributed by atoms with Crippen LogP contribution in [0.25, 0.3) is 0 Å². The maximum absolute atomic E-state index is 8.74. The molecule has 13 heteroatoms. The van der Waals surface area contributed by atoms with Crippen molar-refractivity contribution in [2.24, 2.45) is 0 Å². The Hall–Kier alpha value is -2.51. The summed E-state index contributed by atoms with van der Waals surface area (Å²) < 4.78 is 35.1. The summed E-state index contributed by atoms with van der Waals surface area (Å²) in [4.78, 5) is 0. The van der Waals surface area contributed by atoms with E-state index in [0.717, 1.165) is 25.9 Å². The molecule has 2 aromatic rings. The summed E-state index contributed by atoms with van der Waals surface area (Å²) in [5, 5.41) is 8.16. The van der Waals surface area contributed by atoms with E-state index in [0.29, 0.717) is 23.0 Å². The van der Waals surface area contributed by atoms with Gasteiger partial charge in [-0.2, -0.15) is 18.6 Å². The lowest BCUT2D eigenvalue weighted by atomic mass is 10.2. The van der Waals surface area contributed by atoms with E-state index < -0.39 is 10.4 Å². The smallest absolute Gasteiger partial charge is 0.394 e. The second kappa shape index (κ2) is 15.3. The molecule has 0 radical (unpaired) electrons. The summed E-state index contributed by atoms with van der Waals surface area (Å²) in [6.07, 6.45) is 13.0. The maximum atomic E-state index is 8.74. The van der Waals surface area contributed by atoms with Crippen LogP contribution in [0.5, 0.6) is 0 Å². The molecule has 31 heavy (non-hydrogen) atoms. The first-order chi connectivity index (χ1) is 14.5. The minimum atomic E-state index is -4.67. The third-order valence-electron chi connectivity index (χ3n) is 4.27. The molecule has 2 heterocycles. The lowest BCUT2D eigenvalue weighted by Crippen LogP contribution is -2.05. The second-order valence-electron chi connectivity index (χ2n) is 6.99. The lowest BCUT2D eigenvalue weighted by molar-refractivity contribution is 0.381. The van der Waals surface area contributed by atoms with Crippen molar-refractivity contribution in [2.45, 2.75) is 78.3 Å². The average molecular weight is 463 g/mol. The van der Waals surface area contributed by atoms with Crippen LogP contribution in [-0.2, 0) is 23.5 Å². The molecule has 0 aromatic carbocycles. The van der Waals surface area contributed by atoms with Crippen LogP contribution in [0.3, 0.4) is 0 Å². The van der Waals surface area contributed by atoms with Crippen molar-refractivity contribution in [3.05, 3.63) is 12.4 Å². The molecule has 0 amide bonds. The van der Waals surface area contributed by atoms with E-state index in [2.05, 4.69) is 24.0 Å². The first-order valence-corrected chi connectivity index (χ1v) is 11.7. The van der Waals surface area contributed by atoms with Gasteiger partial charge in [-0.05, 0) is 12.8 Å². The fourth-order valence-corrected chi connectivity index (χ4v) is 2.55. The summed E-state index contributed by atoms with van der Waals surface area (Å²) in [6, 6.07) is 0. The summed E-state index contributed by atoms with van der Waals surface area (Å²) in [5.74, 6) is 1.19. The molecule has 0 bridgehead atoms. The molecule has 0 atom stereocenters. The molecule has 0 saturated carbocycles. The van der Waals surface area contributed by atoms with Crippen molar-refractivity contribution in [3.8, 4) is 0 Å². The van der Waals surface area contributed by atoms with Crippen molar-refractivity contribution < 1.29 is 17.5 Å². The van der Waals surface area contributed by atoms with Crippen LogP contribution < -0.4 is 22.9 Å². The fraction of sp³-hybridized carbons (Fsp3) is 0.667. The van der Waals surface area contributed by atoms with Crippen molar-refractivity contribution in [1.82, 2.24) is 19.6 Å². The van der Waals surface area contributed by atoms with Gasteiger partial charge in [0.2, 0.25) is 0 Å². The molecule has 0 aliphatic carbocycles. The Bertz CT molecular complexity index is 773. The molecule has 0 aliphatic rings. The summed E-state index contributed by atoms with van der Waals surface area (Å²) in [6.45, 7) is 6.15. The minimum absolute atomic E-state index is 0.579. The topological polar surface area (TPSA) is 214 Å². The van der Waals surface area contributed by atoms with Crippen molar-refractivity contribution in [2.75, 3.05) is 22.9 Å². The molecule has 2 aromatic heterocycles. The van der Waals surface area contributed by atoms with E-state index in [9.17, 15) is 0 Å². The van der Waals surface area contributed by atoms with Gasteiger partial charge in [0.25, 0.3) is 0 Å². The van der Waals surface area contributed by atoms with Crippen LogP contribution in [0.4, 0.5) is 23.0 Å². The Kier molecular flexibility index (Phi) is 14.1. The number of aryl methyl sites for hydroxylation is 2. The molecular formula is C18H38N8O4S. The Morgan fingerprint density at radius 1 is 0.742 bits per heavy atom. The second-order valence-corrected chi connectivity index (χ2v) is 7.88. The number of unbranched alkanes of at least 4 members (excludes halogenated alkanes) is 6. The first kappa shape index (κ1) is 28.5. The Morgan fingerprint density at radius 2 is 1.06 bits per heavy atom. The summed E-state index contributed by atoms with van der Waals surface area (Å²) in [5.41, 5.74) is 23.7. The van der Waals surface area contributed by atoms with Gasteiger partial charge in [0.05, 0.1) is 23.8 Å². The number of nitrogen functional groups attached to an aromatic ring is 4. The molecule has 0 spiro atoms. The van der Waals surface area contributed by atoms with E-state index in [1.165, 1.54) is 38.5 Å². The highest BCUT2D eigenvalue weighted by Gasteiger charge is 2.03. The number of anilines is 4. The van der Waals surface area contributed by atoms with Crippen LogP contribution >= 0.6 is 0 Å². The minimum Gasteiger partial charge on any atom is -0.394 e. The normalized spacial score (nSPS) is 10.7. The SMILES string of the molecule is CCCCCCn1ncc(N)c1N.CCCCCCn1ncc(N)c1N.O=S(=O)(O)O.